The van der Waals surface area contributed by atoms with Crippen LogP contribution < -0.4 is 0 Å². The molecule has 0 radical (unpaired) electrons. The molecule has 1 aromatic carbocycles. The van der Waals surface area contributed by atoms with Crippen molar-refractivity contribution in [2.75, 3.05) is 6.54 Å². The summed E-state index contributed by atoms with van der Waals surface area (Å²) in [4.78, 5) is 23.8. The van der Waals surface area contributed by atoms with Crippen LogP contribution >= 0.6 is 0 Å². The Morgan fingerprint density at radius 1 is 1.12 bits per heavy atom. The number of ether oxygens (including phenoxy) is 1. The van der Waals surface area contributed by atoms with Gasteiger partial charge in [0.2, 0.25) is 0 Å². The first-order valence-corrected chi connectivity index (χ1v) is 14.9. The summed E-state index contributed by atoms with van der Waals surface area (Å²) in [6, 6.07) is 7.27. The number of benzene rings is 1. The summed E-state index contributed by atoms with van der Waals surface area (Å²) in [6.07, 6.45) is 4.04. The maximum absolute atomic E-state index is 11.0. The topological polar surface area (TPSA) is 125 Å². The van der Waals surface area contributed by atoms with Crippen molar-refractivity contribution < 1.29 is 14.9 Å². The highest BCUT2D eigenvalue weighted by molar-refractivity contribution is 5.76. The van der Waals surface area contributed by atoms with Crippen LogP contribution in [0, 0.1) is 12.8 Å². The molecule has 1 aliphatic carbocycles. The van der Waals surface area contributed by atoms with Gasteiger partial charge in [-0.3, -0.25) is 9.47 Å². The van der Waals surface area contributed by atoms with Gasteiger partial charge in [0.05, 0.1) is 23.1 Å². The Kier molecular flexibility index (Phi) is 7.38. The number of aromatic nitrogens is 6. The van der Waals surface area contributed by atoms with Crippen molar-refractivity contribution in [3.8, 4) is 0 Å². The molecule has 2 fully saturated rings. The molecule has 1 aliphatic heterocycles. The third kappa shape index (κ3) is 5.38. The molecule has 2 unspecified atom stereocenters. The van der Waals surface area contributed by atoms with Crippen molar-refractivity contribution in [1.82, 2.24) is 34.4 Å². The lowest BCUT2D eigenvalue weighted by atomic mass is 9.76. The molecule has 0 amide bonds. The summed E-state index contributed by atoms with van der Waals surface area (Å²) < 4.78 is 7.98. The summed E-state index contributed by atoms with van der Waals surface area (Å²) >= 11 is 0. The predicted octanol–water partition coefficient (Wildman–Crippen LogP) is 4.05. The van der Waals surface area contributed by atoms with Crippen molar-refractivity contribution in [3.05, 3.63) is 47.9 Å². The van der Waals surface area contributed by atoms with Crippen LogP contribution in [0.3, 0.4) is 0 Å². The Balaban J connectivity index is 1.06. The molecule has 3 N–H and O–H groups in total. The fourth-order valence-corrected chi connectivity index (χ4v) is 6.45. The molecule has 6 rings (SSSR count). The molecule has 10 heteroatoms. The van der Waals surface area contributed by atoms with Gasteiger partial charge in [0.15, 0.2) is 11.9 Å². The summed E-state index contributed by atoms with van der Waals surface area (Å²) in [5.41, 5.74) is 5.61. The lowest BCUT2D eigenvalue weighted by molar-refractivity contribution is -0.0620. The minimum absolute atomic E-state index is 0.114. The fourth-order valence-electron chi connectivity index (χ4n) is 6.45. The number of aliphatic hydroxyl groups is 2. The molecule has 41 heavy (non-hydrogen) atoms. The molecule has 1 saturated heterocycles. The number of nitrogens with zero attached hydrogens (tertiary/aromatic N) is 6. The smallest absolute Gasteiger partial charge is 0.165 e. The van der Waals surface area contributed by atoms with Crippen molar-refractivity contribution in [3.63, 3.8) is 0 Å². The average molecular weight is 562 g/mol. The number of rotatable bonds is 8. The molecule has 1 saturated carbocycles. The lowest BCUT2D eigenvalue weighted by Crippen LogP contribution is -2.52. The second kappa shape index (κ2) is 10.7. The van der Waals surface area contributed by atoms with E-state index in [1.807, 2.05) is 6.92 Å². The van der Waals surface area contributed by atoms with Crippen LogP contribution in [-0.4, -0.2) is 81.5 Å². The van der Waals surface area contributed by atoms with E-state index >= 15 is 0 Å². The summed E-state index contributed by atoms with van der Waals surface area (Å²) in [5.74, 6) is 1.71. The quantitative estimate of drug-likeness (QED) is 0.294. The van der Waals surface area contributed by atoms with Gasteiger partial charge in [0.1, 0.15) is 36.0 Å². The minimum atomic E-state index is -1.07. The Morgan fingerprint density at radius 3 is 2.63 bits per heavy atom. The summed E-state index contributed by atoms with van der Waals surface area (Å²) in [6.45, 7) is 13.5. The van der Waals surface area contributed by atoms with Gasteiger partial charge in [-0.15, -0.1) is 0 Å². The first-order chi connectivity index (χ1) is 19.5. The van der Waals surface area contributed by atoms with E-state index in [1.54, 1.807) is 10.9 Å². The first kappa shape index (κ1) is 28.2. The lowest BCUT2D eigenvalue weighted by Gasteiger charge is -2.46. The monoisotopic (exact) mass is 561 g/mol. The third-order valence-corrected chi connectivity index (χ3v) is 9.07. The third-order valence-electron chi connectivity index (χ3n) is 9.07. The Bertz CT molecular complexity index is 1520. The maximum atomic E-state index is 11.0. The number of H-pyrrole nitrogens is 1. The van der Waals surface area contributed by atoms with Gasteiger partial charge < -0.3 is 19.9 Å². The molecule has 4 aromatic rings. The van der Waals surface area contributed by atoms with Gasteiger partial charge in [-0.2, -0.15) is 0 Å². The van der Waals surface area contributed by atoms with Gasteiger partial charge in [0.25, 0.3) is 0 Å². The van der Waals surface area contributed by atoms with E-state index < -0.39 is 24.5 Å². The molecule has 4 heterocycles. The molecule has 0 bridgehead atoms. The summed E-state index contributed by atoms with van der Waals surface area (Å²) in [5, 5.41) is 21.9. The van der Waals surface area contributed by atoms with E-state index in [9.17, 15) is 10.2 Å². The molecule has 2 aliphatic rings. The van der Waals surface area contributed by atoms with E-state index in [4.69, 9.17) is 9.72 Å². The van der Waals surface area contributed by atoms with Gasteiger partial charge >= 0.3 is 0 Å². The Hall–Kier alpha value is -2.92. The van der Waals surface area contributed by atoms with Crippen LogP contribution in [0.5, 0.6) is 0 Å². The average Bonchev–Trinajstić information content (AvgIpc) is 3.58. The predicted molar refractivity (Wildman–Crippen MR) is 157 cm³/mol. The number of aliphatic hydroxyl groups excluding tert-OH is 2. The number of fused-ring (bicyclic) bond motifs is 2. The van der Waals surface area contributed by atoms with Gasteiger partial charge in [0, 0.05) is 25.0 Å². The first-order valence-electron chi connectivity index (χ1n) is 14.9. The highest BCUT2D eigenvalue weighted by Gasteiger charge is 2.46. The standard InChI is InChI=1S/C31H43N7O3/c1-17(2)37(14-24-27(39)28(40)30(41-24)38-16-34-26-18(3)32-15-33-29(26)38)21-11-19(12-21)7-10-25-35-22-9-8-20(31(4,5)6)13-23(22)36-25/h8-9,13,15-17,19,21,24,27-28,30,39-40H,7,10-12,14H2,1-6H3,(H,35,36)/t19?,21?,24?,27-,28+,30?/m1/s1. The van der Waals surface area contributed by atoms with Gasteiger partial charge in [-0.1, -0.05) is 26.8 Å². The highest BCUT2D eigenvalue weighted by atomic mass is 16.6. The molecule has 0 spiro atoms. The molecular formula is C31H43N7O3. The summed E-state index contributed by atoms with van der Waals surface area (Å²) in [7, 11) is 0. The van der Waals surface area contributed by atoms with Crippen LogP contribution in [0.4, 0.5) is 0 Å². The van der Waals surface area contributed by atoms with Crippen molar-refractivity contribution in [2.24, 2.45) is 5.92 Å². The van der Waals surface area contributed by atoms with Crippen LogP contribution in [-0.2, 0) is 16.6 Å². The number of nitrogens with one attached hydrogen (secondary N) is 1. The fraction of sp³-hybridized carbons (Fsp3) is 0.613. The van der Waals surface area contributed by atoms with Crippen LogP contribution in [0.25, 0.3) is 22.2 Å². The number of hydrogen-bond acceptors (Lipinski definition) is 8. The zero-order valence-electron chi connectivity index (χ0n) is 24.9. The number of aryl methyl sites for hydroxylation is 2. The molecule has 3 aromatic heterocycles. The Morgan fingerprint density at radius 2 is 1.90 bits per heavy atom. The maximum Gasteiger partial charge on any atom is 0.165 e. The second-order valence-corrected chi connectivity index (χ2v) is 13.3. The zero-order valence-corrected chi connectivity index (χ0v) is 24.9. The van der Waals surface area contributed by atoms with Crippen molar-refractivity contribution in [1.29, 1.82) is 0 Å². The van der Waals surface area contributed by atoms with Crippen LogP contribution in [0.15, 0.2) is 30.9 Å². The normalized spacial score (nSPS) is 27.0. The van der Waals surface area contributed by atoms with Crippen LogP contribution in [0.2, 0.25) is 0 Å². The number of imidazole rings is 2. The highest BCUT2D eigenvalue weighted by Crippen LogP contribution is 2.38. The second-order valence-electron chi connectivity index (χ2n) is 13.3. The van der Waals surface area contributed by atoms with E-state index in [0.29, 0.717) is 35.7 Å². The molecule has 10 nitrogen and oxygen atoms in total. The van der Waals surface area contributed by atoms with E-state index in [2.05, 4.69) is 77.7 Å². The van der Waals surface area contributed by atoms with E-state index in [-0.39, 0.29) is 5.41 Å². The Labute approximate surface area is 241 Å². The number of hydrogen-bond donors (Lipinski definition) is 3. The van der Waals surface area contributed by atoms with Crippen molar-refractivity contribution >= 4 is 22.2 Å². The minimum Gasteiger partial charge on any atom is -0.387 e. The molecule has 220 valence electrons. The zero-order chi connectivity index (χ0) is 29.1. The molecule has 4 atom stereocenters. The largest absolute Gasteiger partial charge is 0.387 e. The van der Waals surface area contributed by atoms with Crippen molar-refractivity contribution in [2.45, 2.75) is 109 Å². The molecular weight excluding hydrogens is 518 g/mol. The van der Waals surface area contributed by atoms with E-state index in [1.165, 1.54) is 11.9 Å². The van der Waals surface area contributed by atoms with Crippen LogP contribution in [0.1, 0.15) is 77.2 Å². The SMILES string of the molecule is Cc1ncnc2c1ncn2C1OC(CN(C(C)C)C2CC(CCc3nc4ccc(C(C)(C)C)cc4[nH]3)C2)[C@@H](O)[C@@H]1O. The van der Waals surface area contributed by atoms with Gasteiger partial charge in [-0.25, -0.2) is 19.9 Å². The van der Waals surface area contributed by atoms with E-state index in [0.717, 1.165) is 48.2 Å². The van der Waals surface area contributed by atoms with Gasteiger partial charge in [-0.05, 0) is 69.1 Å². The number of aromatic amines is 1.